The normalized spacial score (nSPS) is 10.7. The van der Waals surface area contributed by atoms with Crippen molar-refractivity contribution in [1.29, 1.82) is 0 Å². The van der Waals surface area contributed by atoms with Gasteiger partial charge in [0.15, 0.2) is 6.61 Å². The molecule has 6 heteroatoms. The number of aromatic hydroxyl groups is 1. The molecule has 0 atom stereocenters. The van der Waals surface area contributed by atoms with E-state index in [4.69, 9.17) is 4.74 Å². The summed E-state index contributed by atoms with van der Waals surface area (Å²) in [7, 11) is 0. The number of aryl methyl sites for hydroxylation is 2. The first kappa shape index (κ1) is 17.0. The van der Waals surface area contributed by atoms with Crippen molar-refractivity contribution in [2.75, 3.05) is 6.61 Å². The maximum atomic E-state index is 11.7. The van der Waals surface area contributed by atoms with Gasteiger partial charge in [-0.1, -0.05) is 34.1 Å². The Balaban J connectivity index is 1.91. The molecule has 5 nitrogen and oxygen atoms in total. The van der Waals surface area contributed by atoms with Gasteiger partial charge in [-0.3, -0.25) is 4.79 Å². The fourth-order valence-electron chi connectivity index (χ4n) is 1.93. The average Bonchev–Trinajstić information content (AvgIpc) is 2.51. The number of nitrogens with zero attached hydrogens (tertiary/aromatic N) is 1. The fraction of sp³-hybridized carbons (Fsp3) is 0.176. The van der Waals surface area contributed by atoms with Gasteiger partial charge in [-0.2, -0.15) is 5.10 Å². The van der Waals surface area contributed by atoms with Gasteiger partial charge in [0.2, 0.25) is 0 Å². The highest BCUT2D eigenvalue weighted by molar-refractivity contribution is 9.10. The summed E-state index contributed by atoms with van der Waals surface area (Å²) in [4.78, 5) is 11.7. The van der Waals surface area contributed by atoms with Crippen molar-refractivity contribution in [3.8, 4) is 11.5 Å². The van der Waals surface area contributed by atoms with E-state index in [0.717, 1.165) is 15.6 Å². The molecule has 0 aliphatic heterocycles. The Bertz CT molecular complexity index is 745. The molecule has 1 amide bonds. The summed E-state index contributed by atoms with van der Waals surface area (Å²) < 4.78 is 6.24. The standard InChI is InChI=1S/C17H17BrN2O3/c1-11-5-3-4-6-15(11)23-10-16(21)20-19-9-13-8-14(18)7-12(2)17(13)22/h3-9,22H,10H2,1-2H3,(H,20,21)/b19-9+. The Morgan fingerprint density at radius 2 is 2.04 bits per heavy atom. The van der Waals surface area contributed by atoms with Crippen molar-refractivity contribution in [3.63, 3.8) is 0 Å². The fourth-order valence-corrected chi connectivity index (χ4v) is 2.52. The highest BCUT2D eigenvalue weighted by Crippen LogP contribution is 2.25. The van der Waals surface area contributed by atoms with E-state index in [0.29, 0.717) is 11.3 Å². The first-order valence-electron chi connectivity index (χ1n) is 6.97. The van der Waals surface area contributed by atoms with Gasteiger partial charge < -0.3 is 9.84 Å². The van der Waals surface area contributed by atoms with E-state index in [2.05, 4.69) is 26.5 Å². The number of phenols is 1. The lowest BCUT2D eigenvalue weighted by atomic mass is 10.1. The topological polar surface area (TPSA) is 70.9 Å². The molecule has 0 bridgehead atoms. The van der Waals surface area contributed by atoms with Gasteiger partial charge in [0.05, 0.1) is 6.21 Å². The Morgan fingerprint density at radius 1 is 1.30 bits per heavy atom. The van der Waals surface area contributed by atoms with Gasteiger partial charge in [0.1, 0.15) is 11.5 Å². The van der Waals surface area contributed by atoms with E-state index in [1.165, 1.54) is 6.21 Å². The van der Waals surface area contributed by atoms with Crippen LogP contribution < -0.4 is 10.2 Å². The Labute approximate surface area is 143 Å². The molecule has 2 N–H and O–H groups in total. The van der Waals surface area contributed by atoms with Crippen LogP contribution in [-0.2, 0) is 4.79 Å². The summed E-state index contributed by atoms with van der Waals surface area (Å²) in [5, 5.41) is 13.8. The molecular formula is C17H17BrN2O3. The number of amides is 1. The highest BCUT2D eigenvalue weighted by Gasteiger charge is 2.05. The van der Waals surface area contributed by atoms with Crippen molar-refractivity contribution in [1.82, 2.24) is 5.43 Å². The third-order valence-corrected chi connectivity index (χ3v) is 3.60. The summed E-state index contributed by atoms with van der Waals surface area (Å²) >= 11 is 3.35. The number of hydrogen-bond donors (Lipinski definition) is 2. The zero-order valence-electron chi connectivity index (χ0n) is 12.8. The number of phenolic OH excluding ortho intramolecular Hbond substituents is 1. The minimum absolute atomic E-state index is 0.127. The van der Waals surface area contributed by atoms with Crippen molar-refractivity contribution >= 4 is 28.1 Å². The van der Waals surface area contributed by atoms with Gasteiger partial charge in [0, 0.05) is 10.0 Å². The maximum absolute atomic E-state index is 11.7. The molecule has 2 aromatic carbocycles. The second-order valence-corrected chi connectivity index (χ2v) is 5.92. The number of para-hydroxylation sites is 1. The van der Waals surface area contributed by atoms with Crippen LogP contribution in [-0.4, -0.2) is 23.8 Å². The second-order valence-electron chi connectivity index (χ2n) is 5.01. The predicted molar refractivity (Wildman–Crippen MR) is 93.0 cm³/mol. The number of rotatable bonds is 5. The molecule has 0 radical (unpaired) electrons. The quantitative estimate of drug-likeness (QED) is 0.621. The van der Waals surface area contributed by atoms with Crippen LogP contribution in [0.3, 0.4) is 0 Å². The van der Waals surface area contributed by atoms with E-state index in [9.17, 15) is 9.90 Å². The lowest BCUT2D eigenvalue weighted by Gasteiger charge is -2.07. The van der Waals surface area contributed by atoms with Crippen LogP contribution in [0.5, 0.6) is 11.5 Å². The third-order valence-electron chi connectivity index (χ3n) is 3.14. The monoisotopic (exact) mass is 376 g/mol. The van der Waals surface area contributed by atoms with E-state index in [-0.39, 0.29) is 18.3 Å². The van der Waals surface area contributed by atoms with E-state index >= 15 is 0 Å². The zero-order valence-corrected chi connectivity index (χ0v) is 14.4. The lowest BCUT2D eigenvalue weighted by molar-refractivity contribution is -0.123. The number of halogens is 1. The largest absolute Gasteiger partial charge is 0.507 e. The number of carbonyl (C=O) groups is 1. The van der Waals surface area contributed by atoms with E-state index in [1.807, 2.05) is 25.1 Å². The summed E-state index contributed by atoms with van der Waals surface area (Å²) in [5.41, 5.74) is 4.55. The Hall–Kier alpha value is -2.34. The molecule has 0 aromatic heterocycles. The number of carbonyl (C=O) groups excluding carboxylic acids is 1. The molecule has 2 aromatic rings. The minimum atomic E-state index is -0.379. The Kier molecular flexibility index (Phi) is 5.76. The average molecular weight is 377 g/mol. The third kappa shape index (κ3) is 4.82. The van der Waals surface area contributed by atoms with Crippen molar-refractivity contribution in [3.05, 3.63) is 57.6 Å². The first-order chi connectivity index (χ1) is 11.0. The Morgan fingerprint density at radius 3 is 2.78 bits per heavy atom. The SMILES string of the molecule is Cc1ccccc1OCC(=O)N/N=C/c1cc(Br)cc(C)c1O. The van der Waals surface area contributed by atoms with Crippen molar-refractivity contribution in [2.24, 2.45) is 5.10 Å². The smallest absolute Gasteiger partial charge is 0.277 e. The molecule has 0 spiro atoms. The van der Waals surface area contributed by atoms with Crippen LogP contribution in [0.4, 0.5) is 0 Å². The molecular weight excluding hydrogens is 360 g/mol. The van der Waals surface area contributed by atoms with E-state index < -0.39 is 0 Å². The molecule has 120 valence electrons. The number of nitrogens with one attached hydrogen (secondary N) is 1. The predicted octanol–water partition coefficient (Wildman–Crippen LogP) is 3.30. The molecule has 23 heavy (non-hydrogen) atoms. The molecule has 0 saturated carbocycles. The molecule has 0 aliphatic rings. The van der Waals surface area contributed by atoms with Crippen LogP contribution in [0.25, 0.3) is 0 Å². The molecule has 0 heterocycles. The molecule has 0 saturated heterocycles. The molecule has 0 fully saturated rings. The van der Waals surface area contributed by atoms with Crippen LogP contribution in [0.2, 0.25) is 0 Å². The zero-order chi connectivity index (χ0) is 16.8. The number of hydrogen-bond acceptors (Lipinski definition) is 4. The first-order valence-corrected chi connectivity index (χ1v) is 7.76. The number of ether oxygens (including phenoxy) is 1. The van der Waals surface area contributed by atoms with Crippen molar-refractivity contribution in [2.45, 2.75) is 13.8 Å². The maximum Gasteiger partial charge on any atom is 0.277 e. The highest BCUT2D eigenvalue weighted by atomic mass is 79.9. The van der Waals surface area contributed by atoms with E-state index in [1.54, 1.807) is 25.1 Å². The van der Waals surface area contributed by atoms with Gasteiger partial charge in [-0.15, -0.1) is 0 Å². The minimum Gasteiger partial charge on any atom is -0.507 e. The molecule has 2 rings (SSSR count). The summed E-state index contributed by atoms with van der Waals surface area (Å²) in [6, 6.07) is 11.0. The van der Waals surface area contributed by atoms with Crippen LogP contribution in [0, 0.1) is 13.8 Å². The number of hydrazone groups is 1. The second kappa shape index (κ2) is 7.78. The number of benzene rings is 2. The summed E-state index contributed by atoms with van der Waals surface area (Å²) in [6.45, 7) is 3.56. The van der Waals surface area contributed by atoms with Gasteiger partial charge >= 0.3 is 0 Å². The van der Waals surface area contributed by atoms with Crippen LogP contribution >= 0.6 is 15.9 Å². The van der Waals surface area contributed by atoms with Gasteiger partial charge in [-0.05, 0) is 43.2 Å². The summed E-state index contributed by atoms with van der Waals surface area (Å²) in [6.07, 6.45) is 1.39. The molecule has 0 unspecified atom stereocenters. The van der Waals surface area contributed by atoms with Crippen LogP contribution in [0.15, 0.2) is 46.0 Å². The summed E-state index contributed by atoms with van der Waals surface area (Å²) in [5.74, 6) is 0.407. The molecule has 0 aliphatic carbocycles. The van der Waals surface area contributed by atoms with Crippen LogP contribution in [0.1, 0.15) is 16.7 Å². The van der Waals surface area contributed by atoms with Gasteiger partial charge in [-0.25, -0.2) is 5.43 Å². The van der Waals surface area contributed by atoms with Gasteiger partial charge in [0.25, 0.3) is 5.91 Å². The lowest BCUT2D eigenvalue weighted by Crippen LogP contribution is -2.24. The van der Waals surface area contributed by atoms with Crippen molar-refractivity contribution < 1.29 is 14.6 Å².